The van der Waals surface area contributed by atoms with Gasteiger partial charge in [-0.05, 0) is 24.6 Å². The van der Waals surface area contributed by atoms with Crippen LogP contribution in [0.2, 0.25) is 0 Å². The maximum absolute atomic E-state index is 11.6. The number of carbonyl (C=O) groups excluding carboxylic acids is 1. The molecule has 106 valence electrons. The molecule has 0 aliphatic carbocycles. The largest absolute Gasteiger partial charge is 0.399 e. The summed E-state index contributed by atoms with van der Waals surface area (Å²) in [4.78, 5) is 11.6. The average molecular weight is 266 g/mol. The summed E-state index contributed by atoms with van der Waals surface area (Å²) in [6.07, 6.45) is 1.32. The number of ether oxygens (including phenoxy) is 2. The molecule has 5 heteroatoms. The highest BCUT2D eigenvalue weighted by atomic mass is 16.5. The van der Waals surface area contributed by atoms with E-state index < -0.39 is 0 Å². The Bertz CT molecular complexity index is 383. The van der Waals surface area contributed by atoms with Crippen molar-refractivity contribution in [2.24, 2.45) is 0 Å². The lowest BCUT2D eigenvalue weighted by Crippen LogP contribution is -2.15. The molecule has 0 aliphatic heterocycles. The summed E-state index contributed by atoms with van der Waals surface area (Å²) in [5, 5.41) is 2.76. The molecule has 0 aromatic heterocycles. The van der Waals surface area contributed by atoms with Crippen LogP contribution in [0.1, 0.15) is 19.8 Å². The smallest absolute Gasteiger partial charge is 0.226 e. The highest BCUT2D eigenvalue weighted by molar-refractivity contribution is 5.91. The van der Waals surface area contributed by atoms with Crippen molar-refractivity contribution in [3.63, 3.8) is 0 Å². The first kappa shape index (κ1) is 15.5. The molecule has 1 aromatic rings. The van der Waals surface area contributed by atoms with E-state index in [4.69, 9.17) is 15.2 Å². The average Bonchev–Trinajstić information content (AvgIpc) is 2.37. The standard InChI is InChI=1S/C14H22N2O3/c1-2-7-18-9-10-19-8-6-14(17)16-13-5-3-4-12(15)11-13/h3-5,11H,2,6-10,15H2,1H3,(H,16,17). The van der Waals surface area contributed by atoms with E-state index in [1.165, 1.54) is 0 Å². The lowest BCUT2D eigenvalue weighted by Gasteiger charge is -2.07. The van der Waals surface area contributed by atoms with Gasteiger partial charge in [-0.2, -0.15) is 0 Å². The maximum atomic E-state index is 11.6. The topological polar surface area (TPSA) is 73.6 Å². The highest BCUT2D eigenvalue weighted by Crippen LogP contribution is 2.11. The van der Waals surface area contributed by atoms with Crippen LogP contribution in [0, 0.1) is 0 Å². The second kappa shape index (κ2) is 9.35. The lowest BCUT2D eigenvalue weighted by atomic mass is 10.3. The molecule has 1 rings (SSSR count). The van der Waals surface area contributed by atoms with Gasteiger partial charge in [0.2, 0.25) is 5.91 Å². The van der Waals surface area contributed by atoms with Gasteiger partial charge in [-0.1, -0.05) is 13.0 Å². The molecule has 0 atom stereocenters. The van der Waals surface area contributed by atoms with Crippen LogP contribution in [0.3, 0.4) is 0 Å². The number of nitrogens with one attached hydrogen (secondary N) is 1. The monoisotopic (exact) mass is 266 g/mol. The van der Waals surface area contributed by atoms with E-state index in [9.17, 15) is 4.79 Å². The van der Waals surface area contributed by atoms with Crippen molar-refractivity contribution >= 4 is 17.3 Å². The predicted octanol–water partition coefficient (Wildman–Crippen LogP) is 2.04. The molecule has 0 radical (unpaired) electrons. The number of carbonyl (C=O) groups is 1. The van der Waals surface area contributed by atoms with Gasteiger partial charge in [0.1, 0.15) is 0 Å². The number of hydrogen-bond donors (Lipinski definition) is 2. The third kappa shape index (κ3) is 7.43. The van der Waals surface area contributed by atoms with Crippen molar-refractivity contribution in [2.75, 3.05) is 37.5 Å². The second-order valence-electron chi connectivity index (χ2n) is 4.15. The third-order valence-electron chi connectivity index (χ3n) is 2.36. The summed E-state index contributed by atoms with van der Waals surface area (Å²) in [5.74, 6) is -0.0833. The molecule has 3 N–H and O–H groups in total. The van der Waals surface area contributed by atoms with Crippen molar-refractivity contribution in [3.05, 3.63) is 24.3 Å². The minimum Gasteiger partial charge on any atom is -0.399 e. The number of hydrogen-bond acceptors (Lipinski definition) is 4. The van der Waals surface area contributed by atoms with Crippen molar-refractivity contribution in [1.82, 2.24) is 0 Å². The van der Waals surface area contributed by atoms with Crippen LogP contribution in [-0.4, -0.2) is 32.3 Å². The SMILES string of the molecule is CCCOCCOCCC(=O)Nc1cccc(N)c1. The Hall–Kier alpha value is -1.59. The lowest BCUT2D eigenvalue weighted by molar-refractivity contribution is -0.117. The summed E-state index contributed by atoms with van der Waals surface area (Å²) in [7, 11) is 0. The van der Waals surface area contributed by atoms with E-state index in [-0.39, 0.29) is 5.91 Å². The zero-order valence-corrected chi connectivity index (χ0v) is 11.4. The number of amides is 1. The Morgan fingerprint density at radius 3 is 2.63 bits per heavy atom. The van der Waals surface area contributed by atoms with E-state index in [1.807, 2.05) is 0 Å². The second-order valence-corrected chi connectivity index (χ2v) is 4.15. The zero-order valence-electron chi connectivity index (χ0n) is 11.4. The van der Waals surface area contributed by atoms with Crippen LogP contribution in [0.15, 0.2) is 24.3 Å². The van der Waals surface area contributed by atoms with Gasteiger partial charge in [0.25, 0.3) is 0 Å². The summed E-state index contributed by atoms with van der Waals surface area (Å²) in [6.45, 7) is 4.29. The van der Waals surface area contributed by atoms with Crippen LogP contribution in [0.5, 0.6) is 0 Å². The van der Waals surface area contributed by atoms with Gasteiger partial charge >= 0.3 is 0 Å². The van der Waals surface area contributed by atoms with Gasteiger partial charge in [0.05, 0.1) is 26.2 Å². The summed E-state index contributed by atoms with van der Waals surface area (Å²) >= 11 is 0. The number of rotatable bonds is 9. The fourth-order valence-electron chi connectivity index (χ4n) is 1.47. The number of anilines is 2. The normalized spacial score (nSPS) is 10.4. The van der Waals surface area contributed by atoms with Crippen LogP contribution < -0.4 is 11.1 Å². The molecule has 0 saturated carbocycles. The summed E-state index contributed by atoms with van der Waals surface area (Å²) in [5.41, 5.74) is 6.96. The predicted molar refractivity (Wildman–Crippen MR) is 76.0 cm³/mol. The third-order valence-corrected chi connectivity index (χ3v) is 2.36. The van der Waals surface area contributed by atoms with E-state index in [1.54, 1.807) is 24.3 Å². The highest BCUT2D eigenvalue weighted by Gasteiger charge is 2.02. The van der Waals surface area contributed by atoms with E-state index in [0.717, 1.165) is 13.0 Å². The minimum atomic E-state index is -0.0833. The van der Waals surface area contributed by atoms with Gasteiger partial charge in [-0.25, -0.2) is 0 Å². The number of nitrogen functional groups attached to an aromatic ring is 1. The molecule has 0 spiro atoms. The first-order valence-electron chi connectivity index (χ1n) is 6.53. The van der Waals surface area contributed by atoms with Crippen molar-refractivity contribution in [1.29, 1.82) is 0 Å². The molecule has 0 heterocycles. The summed E-state index contributed by atoms with van der Waals surface area (Å²) in [6, 6.07) is 7.09. The Morgan fingerprint density at radius 2 is 1.95 bits per heavy atom. The van der Waals surface area contributed by atoms with E-state index in [2.05, 4.69) is 12.2 Å². The van der Waals surface area contributed by atoms with Gasteiger partial charge in [-0.3, -0.25) is 4.79 Å². The molecule has 0 bridgehead atoms. The molecule has 0 unspecified atom stereocenters. The van der Waals surface area contributed by atoms with Gasteiger partial charge in [0.15, 0.2) is 0 Å². The fourth-order valence-corrected chi connectivity index (χ4v) is 1.47. The quantitative estimate of drug-likeness (QED) is 0.530. The fraction of sp³-hybridized carbons (Fsp3) is 0.500. The van der Waals surface area contributed by atoms with E-state index >= 15 is 0 Å². The molecule has 0 saturated heterocycles. The molecule has 1 amide bonds. The maximum Gasteiger partial charge on any atom is 0.226 e. The van der Waals surface area contributed by atoms with Crippen LogP contribution >= 0.6 is 0 Å². The summed E-state index contributed by atoms with van der Waals surface area (Å²) < 4.78 is 10.6. The van der Waals surface area contributed by atoms with Gasteiger partial charge < -0.3 is 20.5 Å². The molecule has 1 aromatic carbocycles. The minimum absolute atomic E-state index is 0.0833. The van der Waals surface area contributed by atoms with E-state index in [0.29, 0.717) is 37.6 Å². The van der Waals surface area contributed by atoms with Crippen molar-refractivity contribution in [3.8, 4) is 0 Å². The van der Waals surface area contributed by atoms with Crippen LogP contribution in [0.25, 0.3) is 0 Å². The molecule has 0 fully saturated rings. The first-order valence-corrected chi connectivity index (χ1v) is 6.53. The molecule has 19 heavy (non-hydrogen) atoms. The Morgan fingerprint density at radius 1 is 1.21 bits per heavy atom. The molecule has 0 aliphatic rings. The van der Waals surface area contributed by atoms with Crippen LogP contribution in [-0.2, 0) is 14.3 Å². The molecule has 5 nitrogen and oxygen atoms in total. The van der Waals surface area contributed by atoms with Gasteiger partial charge in [0, 0.05) is 18.0 Å². The molecular weight excluding hydrogens is 244 g/mol. The van der Waals surface area contributed by atoms with Crippen molar-refractivity contribution in [2.45, 2.75) is 19.8 Å². The molecular formula is C14H22N2O3. The van der Waals surface area contributed by atoms with Gasteiger partial charge in [-0.15, -0.1) is 0 Å². The number of benzene rings is 1. The Kier molecular flexibility index (Phi) is 7.62. The Labute approximate surface area is 114 Å². The Balaban J connectivity index is 2.08. The first-order chi connectivity index (χ1) is 9.22. The van der Waals surface area contributed by atoms with Crippen molar-refractivity contribution < 1.29 is 14.3 Å². The zero-order chi connectivity index (χ0) is 13.9. The van der Waals surface area contributed by atoms with Crippen LogP contribution in [0.4, 0.5) is 11.4 Å². The number of nitrogens with two attached hydrogens (primary N) is 1.